The van der Waals surface area contributed by atoms with Gasteiger partial charge in [0.15, 0.2) is 0 Å². The van der Waals surface area contributed by atoms with Crippen molar-refractivity contribution in [1.82, 2.24) is 0 Å². The molecule has 0 atom stereocenters. The number of fused-ring (bicyclic) bond motifs is 11. The molecule has 1 aromatic heterocycles. The first kappa shape index (κ1) is 34.3. The zero-order valence-corrected chi connectivity index (χ0v) is 32.4. The van der Waals surface area contributed by atoms with Crippen molar-refractivity contribution >= 4 is 83.9 Å². The summed E-state index contributed by atoms with van der Waals surface area (Å²) >= 11 is 1.88. The van der Waals surface area contributed by atoms with Crippen molar-refractivity contribution in [3.05, 3.63) is 147 Å². The molecule has 12 rings (SSSR count). The highest BCUT2D eigenvalue weighted by atomic mass is 32.1. The van der Waals surface area contributed by atoms with Crippen LogP contribution in [0, 0.1) is 0 Å². The molecule has 5 aromatic carbocycles. The van der Waals surface area contributed by atoms with Crippen molar-refractivity contribution < 1.29 is 0 Å². The normalized spacial score (nSPS) is 16.3. The highest BCUT2D eigenvalue weighted by molar-refractivity contribution is 7.20. The monoisotopic (exact) mass is 720 g/mol. The van der Waals surface area contributed by atoms with Gasteiger partial charge in [0.2, 0.25) is 0 Å². The third-order valence-electron chi connectivity index (χ3n) is 10.9. The van der Waals surface area contributed by atoms with E-state index in [1.807, 2.05) is 11.3 Å². The van der Waals surface area contributed by atoms with Gasteiger partial charge in [0, 0.05) is 80.0 Å². The lowest BCUT2D eigenvalue weighted by Crippen LogP contribution is -2.01. The van der Waals surface area contributed by atoms with E-state index < -0.39 is 0 Å². The van der Waals surface area contributed by atoms with E-state index in [1.165, 1.54) is 118 Å². The van der Waals surface area contributed by atoms with Gasteiger partial charge in [-0.25, -0.2) is 0 Å². The Labute approximate surface area is 322 Å². The third kappa shape index (κ3) is 6.62. The molecule has 6 aliphatic rings. The number of allylic oxidation sites excluding steroid dienone is 2. The van der Waals surface area contributed by atoms with Gasteiger partial charge in [0.1, 0.15) is 0 Å². The average molecular weight is 721 g/mol. The maximum Gasteiger partial charge on any atom is 0.0850 e. The van der Waals surface area contributed by atoms with Crippen LogP contribution in [0.3, 0.4) is 0 Å². The van der Waals surface area contributed by atoms with Crippen LogP contribution < -0.4 is 0 Å². The van der Waals surface area contributed by atoms with Gasteiger partial charge in [0.25, 0.3) is 0 Å². The average Bonchev–Trinajstić information content (AvgIpc) is 4.03. The fourth-order valence-electron chi connectivity index (χ4n) is 8.43. The Morgan fingerprint density at radius 1 is 0.500 bits per heavy atom. The van der Waals surface area contributed by atoms with Gasteiger partial charge in [-0.1, -0.05) is 103 Å². The summed E-state index contributed by atoms with van der Waals surface area (Å²) in [5.74, 6) is 0. The summed E-state index contributed by atoms with van der Waals surface area (Å²) in [6, 6.07) is 34.4. The van der Waals surface area contributed by atoms with Gasteiger partial charge in [0.05, 0.1) is 22.8 Å². The van der Waals surface area contributed by atoms with Crippen molar-refractivity contribution in [3.63, 3.8) is 0 Å². The van der Waals surface area contributed by atoms with Crippen molar-refractivity contribution in [2.75, 3.05) is 0 Å². The van der Waals surface area contributed by atoms with Gasteiger partial charge in [-0.15, -0.1) is 11.3 Å². The smallest absolute Gasteiger partial charge is 0.0850 e. The maximum atomic E-state index is 4.65. The molecule has 2 aliphatic carbocycles. The number of thiophene rings is 1. The molecule has 0 N–H and O–H groups in total. The molecule has 0 bridgehead atoms. The minimum atomic E-state index is 1.01. The molecule has 6 aromatic rings. The van der Waals surface area contributed by atoms with E-state index >= 15 is 0 Å². The molecule has 54 heavy (non-hydrogen) atoms. The lowest BCUT2D eigenvalue weighted by atomic mass is 9.89. The standard InChI is InChI=1S/C13H13N.C13H11N.C12H11N.C11H9NS/c2*1-9-8-11-7-6-10-4-2-3-5-12(10)13(11)14-9;1-8-7-10-6-5-9-3-2-4-11(9)12(10)13-8;1-7-6-10-11(12-7)8-4-2-3-5-9(8)13-10/h2-5H,6-8H2,1H3;2-7H,8H2,1H3;2,4-6H,3,7H2,1H3;2-5H,6H2,1H3. The minimum absolute atomic E-state index is 1.01. The zero-order valence-electron chi connectivity index (χ0n) is 31.5. The highest BCUT2D eigenvalue weighted by Crippen LogP contribution is 2.42. The predicted molar refractivity (Wildman–Crippen MR) is 234 cm³/mol. The molecule has 4 nitrogen and oxygen atoms in total. The molecular weight excluding hydrogens is 677 g/mol. The van der Waals surface area contributed by atoms with Crippen LogP contribution >= 0.6 is 11.3 Å². The van der Waals surface area contributed by atoms with Crippen LogP contribution in [0.25, 0.3) is 32.6 Å². The van der Waals surface area contributed by atoms with Crippen molar-refractivity contribution in [1.29, 1.82) is 0 Å². The lowest BCUT2D eigenvalue weighted by Gasteiger charge is -2.16. The molecule has 5 heteroatoms. The largest absolute Gasteiger partial charge is 0.257 e. The van der Waals surface area contributed by atoms with E-state index in [-0.39, 0.29) is 0 Å². The Hall–Kier alpha value is -5.52. The van der Waals surface area contributed by atoms with E-state index in [2.05, 4.69) is 157 Å². The van der Waals surface area contributed by atoms with Crippen LogP contribution in [-0.2, 0) is 32.1 Å². The number of rotatable bonds is 0. The zero-order chi connectivity index (χ0) is 36.8. The quantitative estimate of drug-likeness (QED) is 0.150. The van der Waals surface area contributed by atoms with Gasteiger partial charge >= 0.3 is 0 Å². The Morgan fingerprint density at radius 2 is 1.15 bits per heavy atom. The first-order valence-electron chi connectivity index (χ1n) is 19.2. The summed E-state index contributed by atoms with van der Waals surface area (Å²) < 4.78 is 1.36. The van der Waals surface area contributed by atoms with Crippen LogP contribution in [-0.4, -0.2) is 22.8 Å². The molecule has 4 aliphatic heterocycles. The van der Waals surface area contributed by atoms with E-state index in [4.69, 9.17) is 0 Å². The van der Waals surface area contributed by atoms with Gasteiger partial charge in [-0.2, -0.15) is 0 Å². The molecule has 0 saturated carbocycles. The Morgan fingerprint density at radius 3 is 2.02 bits per heavy atom. The third-order valence-corrected chi connectivity index (χ3v) is 12.1. The first-order chi connectivity index (χ1) is 26.4. The van der Waals surface area contributed by atoms with E-state index in [9.17, 15) is 0 Å². The molecule has 0 amide bonds. The van der Waals surface area contributed by atoms with Crippen molar-refractivity contribution in [2.24, 2.45) is 20.0 Å². The summed E-state index contributed by atoms with van der Waals surface area (Å²) in [4.78, 5) is 19.8. The topological polar surface area (TPSA) is 49.4 Å². The number of nitrogens with zero attached hydrogens (tertiary/aromatic N) is 4. The fraction of sp³-hybridized carbons (Fsp3) is 0.224. The second-order valence-electron chi connectivity index (χ2n) is 15.1. The van der Waals surface area contributed by atoms with Crippen LogP contribution in [0.4, 0.5) is 17.1 Å². The molecule has 0 fully saturated rings. The van der Waals surface area contributed by atoms with Crippen molar-refractivity contribution in [2.45, 2.75) is 72.6 Å². The van der Waals surface area contributed by atoms with E-state index in [0.29, 0.717) is 0 Å². The maximum absolute atomic E-state index is 4.65. The number of benzene rings is 5. The lowest BCUT2D eigenvalue weighted by molar-refractivity contribution is 0.906. The molecule has 0 unspecified atom stereocenters. The van der Waals surface area contributed by atoms with E-state index in [0.717, 1.165) is 32.1 Å². The Balaban J connectivity index is 0.0000000950. The molecular formula is C49H44N4S. The molecule has 0 spiro atoms. The van der Waals surface area contributed by atoms with E-state index in [1.54, 1.807) is 5.57 Å². The number of aryl methyl sites for hydroxylation is 1. The molecule has 5 heterocycles. The first-order valence-corrected chi connectivity index (χ1v) is 20.0. The minimum Gasteiger partial charge on any atom is -0.257 e. The summed E-state index contributed by atoms with van der Waals surface area (Å²) in [7, 11) is 0. The summed E-state index contributed by atoms with van der Waals surface area (Å²) in [6.45, 7) is 8.42. The predicted octanol–water partition coefficient (Wildman–Crippen LogP) is 13.2. The van der Waals surface area contributed by atoms with Crippen LogP contribution in [0.5, 0.6) is 0 Å². The van der Waals surface area contributed by atoms with Crippen LogP contribution in [0.1, 0.15) is 78.8 Å². The number of hydrogen-bond donors (Lipinski definition) is 0. The molecule has 0 saturated heterocycles. The van der Waals surface area contributed by atoms with Crippen LogP contribution in [0.15, 0.2) is 129 Å². The second-order valence-corrected chi connectivity index (χ2v) is 16.3. The second kappa shape index (κ2) is 14.4. The van der Waals surface area contributed by atoms with Crippen LogP contribution in [0.2, 0.25) is 0 Å². The Kier molecular flexibility index (Phi) is 9.12. The van der Waals surface area contributed by atoms with Gasteiger partial charge in [-0.3, -0.25) is 20.0 Å². The summed E-state index contributed by atoms with van der Waals surface area (Å²) in [6.07, 6.45) is 12.1. The Bertz CT molecular complexity index is 2680. The van der Waals surface area contributed by atoms with Gasteiger partial charge < -0.3 is 0 Å². The molecule has 0 radical (unpaired) electrons. The van der Waals surface area contributed by atoms with Gasteiger partial charge in [-0.05, 0) is 86.2 Å². The number of hydrogen-bond acceptors (Lipinski definition) is 5. The van der Waals surface area contributed by atoms with Crippen molar-refractivity contribution in [3.8, 4) is 0 Å². The fourth-order valence-corrected chi connectivity index (χ4v) is 9.65. The number of aliphatic imine (C=N–C) groups is 4. The summed E-state index contributed by atoms with van der Waals surface area (Å²) in [5, 5.41) is 3.88. The molecule has 266 valence electrons. The summed E-state index contributed by atoms with van der Waals surface area (Å²) in [5.41, 5.74) is 19.8. The SMILES string of the molecule is CC1=NC2=C(CCc3ccccc32)C1.CC1=Nc2c(ccc3c2C=CC3)C1.CC1=Nc2c(ccc3ccccc23)C1.CC1=Nc2c(sc3ccccc23)C1. The highest BCUT2D eigenvalue weighted by Gasteiger charge is 2.23.